The number of amides is 4. The van der Waals surface area contributed by atoms with Crippen LogP contribution < -0.4 is 21.3 Å². The first-order chi connectivity index (χ1) is 14.6. The summed E-state index contributed by atoms with van der Waals surface area (Å²) in [5.74, 6) is 0. The van der Waals surface area contributed by atoms with E-state index in [4.69, 9.17) is 10.5 Å². The van der Waals surface area contributed by atoms with Crippen molar-refractivity contribution in [3.8, 4) is 12.1 Å². The van der Waals surface area contributed by atoms with E-state index in [1.54, 1.807) is 72.8 Å². The number of nitrogens with zero attached hydrogens (tertiary/aromatic N) is 2. The second-order valence-corrected chi connectivity index (χ2v) is 6.11. The van der Waals surface area contributed by atoms with E-state index in [0.717, 1.165) is 0 Å². The van der Waals surface area contributed by atoms with E-state index in [9.17, 15) is 9.59 Å². The zero-order valence-corrected chi connectivity index (χ0v) is 15.6. The van der Waals surface area contributed by atoms with Crippen molar-refractivity contribution in [1.29, 1.82) is 10.5 Å². The van der Waals surface area contributed by atoms with Crippen LogP contribution in [0.1, 0.15) is 11.1 Å². The third kappa shape index (κ3) is 5.59. The number of hydrogen-bond donors (Lipinski definition) is 4. The van der Waals surface area contributed by atoms with Gasteiger partial charge in [0.25, 0.3) is 0 Å². The Bertz CT molecular complexity index is 1030. The van der Waals surface area contributed by atoms with Crippen molar-refractivity contribution in [3.63, 3.8) is 0 Å². The molecule has 0 aliphatic heterocycles. The predicted octanol–water partition coefficient (Wildman–Crippen LogP) is 4.72. The van der Waals surface area contributed by atoms with Crippen molar-refractivity contribution < 1.29 is 9.59 Å². The Kier molecular flexibility index (Phi) is 6.24. The van der Waals surface area contributed by atoms with E-state index < -0.39 is 12.1 Å². The van der Waals surface area contributed by atoms with Crippen LogP contribution in [0.2, 0.25) is 0 Å². The van der Waals surface area contributed by atoms with Crippen LogP contribution in [0.15, 0.2) is 72.8 Å². The predicted molar refractivity (Wildman–Crippen MR) is 114 cm³/mol. The lowest BCUT2D eigenvalue weighted by molar-refractivity contribution is 0.261. The Morgan fingerprint density at radius 2 is 0.733 bits per heavy atom. The van der Waals surface area contributed by atoms with E-state index in [1.807, 2.05) is 12.1 Å². The Balaban J connectivity index is 1.51. The molecule has 0 spiro atoms. The SMILES string of the molecule is N#Cc1ccc(NC(=O)Nc2ccc(NC(=O)Nc3ccc(C#N)cc3)cc2)cc1. The molecule has 3 aromatic rings. The highest BCUT2D eigenvalue weighted by Crippen LogP contribution is 2.16. The fourth-order valence-corrected chi connectivity index (χ4v) is 2.48. The fraction of sp³-hybridized carbons (Fsp3) is 0. The van der Waals surface area contributed by atoms with Crippen LogP contribution in [-0.4, -0.2) is 12.1 Å². The minimum Gasteiger partial charge on any atom is -0.308 e. The molecule has 0 atom stereocenters. The summed E-state index contributed by atoms with van der Waals surface area (Å²) < 4.78 is 0. The molecule has 4 N–H and O–H groups in total. The largest absolute Gasteiger partial charge is 0.323 e. The smallest absolute Gasteiger partial charge is 0.308 e. The summed E-state index contributed by atoms with van der Waals surface area (Å²) in [6.07, 6.45) is 0. The second-order valence-electron chi connectivity index (χ2n) is 6.11. The maximum absolute atomic E-state index is 12.1. The van der Waals surface area contributed by atoms with Crippen LogP contribution in [0, 0.1) is 22.7 Å². The molecule has 0 radical (unpaired) electrons. The maximum atomic E-state index is 12.1. The summed E-state index contributed by atoms with van der Waals surface area (Å²) in [6.45, 7) is 0. The molecule has 3 rings (SSSR count). The maximum Gasteiger partial charge on any atom is 0.323 e. The van der Waals surface area contributed by atoms with Gasteiger partial charge in [0.05, 0.1) is 23.3 Å². The number of nitrogens with one attached hydrogen (secondary N) is 4. The van der Waals surface area contributed by atoms with Gasteiger partial charge in [-0.2, -0.15) is 10.5 Å². The number of hydrogen-bond acceptors (Lipinski definition) is 4. The number of benzene rings is 3. The van der Waals surface area contributed by atoms with Crippen LogP contribution >= 0.6 is 0 Å². The van der Waals surface area contributed by atoms with E-state index in [1.165, 1.54) is 0 Å². The van der Waals surface area contributed by atoms with Gasteiger partial charge in [0.1, 0.15) is 0 Å². The van der Waals surface area contributed by atoms with Crippen molar-refractivity contribution in [2.75, 3.05) is 21.3 Å². The van der Waals surface area contributed by atoms with Gasteiger partial charge >= 0.3 is 12.1 Å². The molecule has 0 heterocycles. The molecule has 0 aliphatic rings. The second kappa shape index (κ2) is 9.40. The highest BCUT2D eigenvalue weighted by Gasteiger charge is 2.05. The van der Waals surface area contributed by atoms with Crippen molar-refractivity contribution in [1.82, 2.24) is 0 Å². The summed E-state index contributed by atoms with van der Waals surface area (Å²) in [4.78, 5) is 24.1. The topological polar surface area (TPSA) is 130 Å². The van der Waals surface area contributed by atoms with Crippen LogP contribution in [0.3, 0.4) is 0 Å². The van der Waals surface area contributed by atoms with Gasteiger partial charge < -0.3 is 21.3 Å². The third-order valence-electron chi connectivity index (χ3n) is 3.94. The van der Waals surface area contributed by atoms with E-state index in [2.05, 4.69) is 21.3 Å². The van der Waals surface area contributed by atoms with Gasteiger partial charge in [0, 0.05) is 22.7 Å². The molecular weight excluding hydrogens is 380 g/mol. The summed E-state index contributed by atoms with van der Waals surface area (Å²) in [6, 6.07) is 22.7. The summed E-state index contributed by atoms with van der Waals surface area (Å²) in [5, 5.41) is 28.3. The molecule has 0 aromatic heterocycles. The molecule has 0 aliphatic carbocycles. The molecule has 8 nitrogen and oxygen atoms in total. The Morgan fingerprint density at radius 1 is 0.500 bits per heavy atom. The lowest BCUT2D eigenvalue weighted by Gasteiger charge is -2.10. The van der Waals surface area contributed by atoms with Crippen LogP contribution in [0.5, 0.6) is 0 Å². The first kappa shape index (κ1) is 19.9. The van der Waals surface area contributed by atoms with Gasteiger partial charge in [0.2, 0.25) is 0 Å². The molecule has 0 unspecified atom stereocenters. The zero-order valence-electron chi connectivity index (χ0n) is 15.6. The molecule has 0 saturated heterocycles. The number of urea groups is 2. The molecule has 0 saturated carbocycles. The minimum atomic E-state index is -0.432. The van der Waals surface area contributed by atoms with Crippen molar-refractivity contribution in [2.45, 2.75) is 0 Å². The monoisotopic (exact) mass is 396 g/mol. The highest BCUT2D eigenvalue weighted by atomic mass is 16.2. The van der Waals surface area contributed by atoms with Gasteiger partial charge in [-0.1, -0.05) is 0 Å². The number of nitriles is 2. The standard InChI is InChI=1S/C22H16N6O2/c23-13-15-1-5-17(6-2-15)25-21(29)27-19-9-11-20(12-10-19)28-22(30)26-18-7-3-16(14-24)4-8-18/h1-12H,(H2,25,27,29)(H2,26,28,30). The third-order valence-corrected chi connectivity index (χ3v) is 3.94. The summed E-state index contributed by atoms with van der Waals surface area (Å²) in [5.41, 5.74) is 3.21. The summed E-state index contributed by atoms with van der Waals surface area (Å²) >= 11 is 0. The quantitative estimate of drug-likeness (QED) is 0.508. The summed E-state index contributed by atoms with van der Waals surface area (Å²) in [7, 11) is 0. The average molecular weight is 396 g/mol. The molecule has 0 bridgehead atoms. The van der Waals surface area contributed by atoms with E-state index in [-0.39, 0.29) is 0 Å². The fourth-order valence-electron chi connectivity index (χ4n) is 2.48. The van der Waals surface area contributed by atoms with Gasteiger partial charge in [-0.15, -0.1) is 0 Å². The molecule has 146 valence electrons. The molecule has 3 aromatic carbocycles. The molecule has 0 fully saturated rings. The van der Waals surface area contributed by atoms with E-state index in [0.29, 0.717) is 33.9 Å². The normalized spacial score (nSPS) is 9.53. The van der Waals surface area contributed by atoms with Crippen molar-refractivity contribution in [2.24, 2.45) is 0 Å². The lowest BCUT2D eigenvalue weighted by Crippen LogP contribution is -2.20. The lowest BCUT2D eigenvalue weighted by atomic mass is 10.2. The first-order valence-corrected chi connectivity index (χ1v) is 8.82. The Hall–Kier alpha value is -4.82. The van der Waals surface area contributed by atoms with Crippen molar-refractivity contribution >= 4 is 34.8 Å². The molecule has 8 heteroatoms. The van der Waals surface area contributed by atoms with Crippen molar-refractivity contribution in [3.05, 3.63) is 83.9 Å². The number of rotatable bonds is 4. The zero-order chi connectivity index (χ0) is 21.3. The molecule has 30 heavy (non-hydrogen) atoms. The van der Waals surface area contributed by atoms with Gasteiger partial charge in [-0.3, -0.25) is 0 Å². The Morgan fingerprint density at radius 3 is 0.967 bits per heavy atom. The van der Waals surface area contributed by atoms with Crippen LogP contribution in [0.4, 0.5) is 32.3 Å². The minimum absolute atomic E-state index is 0.432. The number of carbonyl (C=O) groups excluding carboxylic acids is 2. The van der Waals surface area contributed by atoms with Gasteiger partial charge in [0.15, 0.2) is 0 Å². The molecular formula is C22H16N6O2. The van der Waals surface area contributed by atoms with Gasteiger partial charge in [-0.25, -0.2) is 9.59 Å². The highest BCUT2D eigenvalue weighted by molar-refractivity contribution is 6.01. The van der Waals surface area contributed by atoms with Crippen LogP contribution in [0.25, 0.3) is 0 Å². The number of carbonyl (C=O) groups is 2. The number of anilines is 4. The first-order valence-electron chi connectivity index (χ1n) is 8.82. The van der Waals surface area contributed by atoms with Gasteiger partial charge in [-0.05, 0) is 72.8 Å². The average Bonchev–Trinajstić information content (AvgIpc) is 2.76. The Labute approximate surface area is 172 Å². The van der Waals surface area contributed by atoms with E-state index >= 15 is 0 Å². The van der Waals surface area contributed by atoms with Crippen LogP contribution in [-0.2, 0) is 0 Å². The molecule has 4 amide bonds.